The lowest BCUT2D eigenvalue weighted by atomic mass is 9.58. The first-order valence-corrected chi connectivity index (χ1v) is 13.4. The molecule has 230 valence electrons. The number of ketones is 2. The van der Waals surface area contributed by atoms with Gasteiger partial charge in [-0.05, 0) is 63.9 Å². The number of carbonyl (C=O) groups excluding carboxylic acids is 3. The maximum absolute atomic E-state index is 14.5. The van der Waals surface area contributed by atoms with Gasteiger partial charge in [-0.25, -0.2) is 0 Å². The Kier molecular flexibility index (Phi) is 8.23. The number of aliphatic hydroxyl groups excluding tert-OH is 2. The number of nitrogens with two attached hydrogens (primary N) is 1. The number of benzene rings is 1. The van der Waals surface area contributed by atoms with Crippen LogP contribution in [0.2, 0.25) is 0 Å². The maximum Gasteiger partial charge on any atom is 0.417 e. The standard InChI is InChI=1S/C28H34F3N3O8/c1-11(2)42-6-5-33-10-13-9-16(35)18-14(20(13)28(29,30)31)7-12-8-15-21(34(3)4)23(37)19(26(32)40)25(39)27(15,41)24(38)17(12)22(18)36/h9,11-12,15,21,33,35,37-38,41H,5-8,10H2,1-4H3,(H2,32,40)/t12-,15-,21-,27-/m0/s1. The molecule has 0 unspecified atom stereocenters. The number of primary amides is 1. The monoisotopic (exact) mass is 597 g/mol. The van der Waals surface area contributed by atoms with E-state index in [-0.39, 0.29) is 37.8 Å². The largest absolute Gasteiger partial charge is 0.510 e. The van der Waals surface area contributed by atoms with E-state index in [1.54, 1.807) is 0 Å². The molecule has 0 fully saturated rings. The van der Waals surface area contributed by atoms with Gasteiger partial charge in [0.05, 0.1) is 29.9 Å². The molecule has 0 spiro atoms. The number of aromatic hydroxyl groups is 1. The summed E-state index contributed by atoms with van der Waals surface area (Å²) in [6, 6.07) is -0.428. The van der Waals surface area contributed by atoms with Crippen molar-refractivity contribution in [1.29, 1.82) is 0 Å². The van der Waals surface area contributed by atoms with Crippen LogP contribution in [0, 0.1) is 11.8 Å². The topological polar surface area (TPSA) is 183 Å². The number of aliphatic hydroxyl groups is 3. The van der Waals surface area contributed by atoms with Crippen molar-refractivity contribution in [2.45, 2.75) is 57.2 Å². The number of halogens is 3. The smallest absolute Gasteiger partial charge is 0.417 e. The Bertz CT molecular complexity index is 1400. The minimum atomic E-state index is -4.92. The maximum atomic E-state index is 14.5. The number of hydrogen-bond acceptors (Lipinski definition) is 10. The number of phenols is 1. The first kappa shape index (κ1) is 31.5. The number of alkyl halides is 3. The van der Waals surface area contributed by atoms with E-state index >= 15 is 0 Å². The van der Waals surface area contributed by atoms with Gasteiger partial charge in [-0.3, -0.25) is 19.3 Å². The number of phenolic OH excluding ortho intramolecular Hbond substituents is 1. The highest BCUT2D eigenvalue weighted by Crippen LogP contribution is 2.53. The molecular weight excluding hydrogens is 563 g/mol. The highest BCUT2D eigenvalue weighted by Gasteiger charge is 2.63. The minimum absolute atomic E-state index is 0.0745. The highest BCUT2D eigenvalue weighted by atomic mass is 19.4. The Morgan fingerprint density at radius 2 is 1.88 bits per heavy atom. The van der Waals surface area contributed by atoms with E-state index in [0.717, 1.165) is 6.07 Å². The van der Waals surface area contributed by atoms with Crippen molar-refractivity contribution in [2.24, 2.45) is 17.6 Å². The zero-order valence-electron chi connectivity index (χ0n) is 23.5. The van der Waals surface area contributed by atoms with Gasteiger partial charge in [-0.15, -0.1) is 0 Å². The molecule has 0 radical (unpaired) electrons. The summed E-state index contributed by atoms with van der Waals surface area (Å²) in [5, 5.41) is 47.3. The second-order valence-corrected chi connectivity index (χ2v) is 11.3. The van der Waals surface area contributed by atoms with Crippen LogP contribution in [0.25, 0.3) is 0 Å². The molecule has 11 nitrogen and oxygen atoms in total. The summed E-state index contributed by atoms with van der Waals surface area (Å²) in [5.41, 5.74) is -1.67. The Balaban J connectivity index is 1.85. The van der Waals surface area contributed by atoms with Crippen molar-refractivity contribution >= 4 is 17.5 Å². The number of carbonyl (C=O) groups is 3. The summed E-state index contributed by atoms with van der Waals surface area (Å²) in [4.78, 5) is 40.4. The molecule has 0 saturated heterocycles. The van der Waals surface area contributed by atoms with Gasteiger partial charge < -0.3 is 36.2 Å². The van der Waals surface area contributed by atoms with Crippen molar-refractivity contribution in [1.82, 2.24) is 10.2 Å². The van der Waals surface area contributed by atoms with E-state index in [1.807, 2.05) is 13.8 Å². The fraction of sp³-hybridized carbons (Fsp3) is 0.536. The SMILES string of the molecule is CC(C)OCCNCc1cc(O)c2c(c1C(F)(F)F)C[C@H]1C[C@H]3[C@H](N(C)C)C(O)=C(C(N)=O)C(=O)[C@@]3(O)C(O)=C1C2=O. The lowest BCUT2D eigenvalue weighted by Gasteiger charge is -2.50. The molecule has 1 amide bonds. The van der Waals surface area contributed by atoms with Gasteiger partial charge >= 0.3 is 6.18 Å². The van der Waals surface area contributed by atoms with Crippen molar-refractivity contribution in [3.63, 3.8) is 0 Å². The van der Waals surface area contributed by atoms with Crippen molar-refractivity contribution in [2.75, 3.05) is 27.2 Å². The highest BCUT2D eigenvalue weighted by molar-refractivity contribution is 6.24. The number of likely N-dealkylation sites (N-methyl/N-ethyl adjacent to an activating group) is 1. The molecule has 4 atom stereocenters. The summed E-state index contributed by atoms with van der Waals surface area (Å²) in [6.07, 6.45) is -5.79. The number of ether oxygens (including phenoxy) is 1. The number of Topliss-reactive ketones (excluding diaryl/α,β-unsaturated/α-hetero) is 2. The molecule has 4 rings (SSSR count). The predicted octanol–water partition coefficient (Wildman–Crippen LogP) is 1.65. The number of rotatable bonds is 8. The third-order valence-electron chi connectivity index (χ3n) is 8.14. The normalized spacial score (nSPS) is 26.1. The van der Waals surface area contributed by atoms with E-state index in [2.05, 4.69) is 5.32 Å². The number of hydrogen-bond donors (Lipinski definition) is 6. The molecule has 0 bridgehead atoms. The lowest BCUT2D eigenvalue weighted by Crippen LogP contribution is -2.63. The Labute approximate surface area is 239 Å². The molecule has 0 aromatic heterocycles. The third kappa shape index (κ3) is 4.95. The van der Waals surface area contributed by atoms with Gasteiger partial charge in [0.15, 0.2) is 11.4 Å². The van der Waals surface area contributed by atoms with E-state index in [9.17, 15) is 48.0 Å². The van der Waals surface area contributed by atoms with Gasteiger partial charge in [0.25, 0.3) is 5.91 Å². The summed E-state index contributed by atoms with van der Waals surface area (Å²) < 4.78 is 48.9. The fourth-order valence-electron chi connectivity index (χ4n) is 6.47. The molecule has 42 heavy (non-hydrogen) atoms. The summed E-state index contributed by atoms with van der Waals surface area (Å²) in [7, 11) is 2.91. The number of nitrogens with zero attached hydrogens (tertiary/aromatic N) is 1. The Morgan fingerprint density at radius 1 is 1.24 bits per heavy atom. The number of amides is 1. The molecule has 3 aliphatic rings. The number of allylic oxidation sites excluding steroid dienone is 1. The van der Waals surface area contributed by atoms with Crippen molar-refractivity contribution < 1.29 is 52.7 Å². The second kappa shape index (κ2) is 11.0. The Morgan fingerprint density at radius 3 is 2.43 bits per heavy atom. The van der Waals surface area contributed by atoms with Crippen LogP contribution in [0.1, 0.15) is 47.3 Å². The van der Waals surface area contributed by atoms with Crippen LogP contribution in [-0.4, -0.2) is 87.8 Å². The Hall–Kier alpha value is -3.46. The molecule has 7 N–H and O–H groups in total. The van der Waals surface area contributed by atoms with Crippen LogP contribution in [0.15, 0.2) is 28.7 Å². The van der Waals surface area contributed by atoms with Crippen molar-refractivity contribution in [3.05, 3.63) is 51.0 Å². The molecule has 14 heteroatoms. The minimum Gasteiger partial charge on any atom is -0.510 e. The quantitative estimate of drug-likeness (QED) is 0.190. The average molecular weight is 598 g/mol. The van der Waals surface area contributed by atoms with Crippen molar-refractivity contribution in [3.8, 4) is 5.75 Å². The third-order valence-corrected chi connectivity index (χ3v) is 8.14. The van der Waals surface area contributed by atoms with Gasteiger partial charge in [0, 0.05) is 24.6 Å². The number of nitrogens with one attached hydrogen (secondary N) is 1. The first-order chi connectivity index (χ1) is 19.4. The molecule has 0 aliphatic heterocycles. The van der Waals surface area contributed by atoms with Gasteiger partial charge in [-0.2, -0.15) is 13.2 Å². The predicted molar refractivity (Wildman–Crippen MR) is 141 cm³/mol. The van der Waals surface area contributed by atoms with Gasteiger partial charge in [0.2, 0.25) is 5.78 Å². The molecular formula is C28H34F3N3O8. The average Bonchev–Trinajstić information content (AvgIpc) is 2.84. The van der Waals surface area contributed by atoms with E-state index in [4.69, 9.17) is 10.5 Å². The van der Waals surface area contributed by atoms with Crippen LogP contribution < -0.4 is 11.1 Å². The second-order valence-electron chi connectivity index (χ2n) is 11.3. The molecule has 1 aromatic rings. The lowest BCUT2D eigenvalue weighted by molar-refractivity contribution is -0.148. The summed E-state index contributed by atoms with van der Waals surface area (Å²) in [6.45, 7) is 3.79. The van der Waals surface area contributed by atoms with Crippen LogP contribution in [0.4, 0.5) is 13.2 Å². The van der Waals surface area contributed by atoms with Crippen LogP contribution in [-0.2, 0) is 33.5 Å². The molecule has 0 saturated carbocycles. The van der Waals surface area contributed by atoms with Crippen LogP contribution in [0.3, 0.4) is 0 Å². The van der Waals surface area contributed by atoms with Gasteiger partial charge in [-0.1, -0.05) is 0 Å². The summed E-state index contributed by atoms with van der Waals surface area (Å²) >= 11 is 0. The fourth-order valence-corrected chi connectivity index (χ4v) is 6.47. The molecule has 0 heterocycles. The molecule has 1 aromatic carbocycles. The first-order valence-electron chi connectivity index (χ1n) is 13.4. The molecule has 3 aliphatic carbocycles. The zero-order chi connectivity index (χ0) is 31.5. The van der Waals surface area contributed by atoms with E-state index in [0.29, 0.717) is 0 Å². The zero-order valence-corrected chi connectivity index (χ0v) is 23.5. The van der Waals surface area contributed by atoms with Crippen LogP contribution >= 0.6 is 0 Å². The van der Waals surface area contributed by atoms with E-state index in [1.165, 1.54) is 19.0 Å². The number of fused-ring (bicyclic) bond motifs is 3. The van der Waals surface area contributed by atoms with Gasteiger partial charge in [0.1, 0.15) is 22.8 Å². The van der Waals surface area contributed by atoms with E-state index < -0.39 is 98.7 Å². The van der Waals surface area contributed by atoms with Crippen LogP contribution in [0.5, 0.6) is 5.75 Å². The summed E-state index contributed by atoms with van der Waals surface area (Å²) in [5.74, 6) is -9.14.